The summed E-state index contributed by atoms with van der Waals surface area (Å²) in [5.74, 6) is 1.24. The van der Waals surface area contributed by atoms with E-state index < -0.39 is 0 Å². The third-order valence-electron chi connectivity index (χ3n) is 3.84. The van der Waals surface area contributed by atoms with Gasteiger partial charge in [0.2, 0.25) is 5.91 Å². The van der Waals surface area contributed by atoms with Gasteiger partial charge >= 0.3 is 0 Å². The van der Waals surface area contributed by atoms with E-state index in [1.54, 1.807) is 6.07 Å². The van der Waals surface area contributed by atoms with Gasteiger partial charge in [0, 0.05) is 18.7 Å². The van der Waals surface area contributed by atoms with Gasteiger partial charge in [-0.25, -0.2) is 0 Å². The quantitative estimate of drug-likeness (QED) is 0.846. The van der Waals surface area contributed by atoms with Crippen LogP contribution in [0, 0.1) is 12.8 Å². The fraction of sp³-hybridized carbons (Fsp3) is 0.714. The highest BCUT2D eigenvalue weighted by Gasteiger charge is 2.24. The Morgan fingerprint density at radius 3 is 2.84 bits per heavy atom. The molecule has 1 unspecified atom stereocenters. The predicted octanol–water partition coefficient (Wildman–Crippen LogP) is 1.55. The molecule has 0 radical (unpaired) electrons. The first kappa shape index (κ1) is 14.1. The Kier molecular flexibility index (Phi) is 4.96. The second-order valence-corrected chi connectivity index (χ2v) is 5.41. The van der Waals surface area contributed by atoms with Crippen molar-refractivity contribution in [3.8, 4) is 0 Å². The second-order valence-electron chi connectivity index (χ2n) is 5.41. The van der Waals surface area contributed by atoms with Gasteiger partial charge in [-0.15, -0.1) is 0 Å². The molecule has 1 aliphatic carbocycles. The van der Waals surface area contributed by atoms with Crippen LogP contribution in [0.25, 0.3) is 0 Å². The molecule has 1 aliphatic rings. The molecule has 1 atom stereocenters. The van der Waals surface area contributed by atoms with E-state index in [0.29, 0.717) is 18.2 Å². The fourth-order valence-electron chi connectivity index (χ4n) is 2.83. The molecule has 1 amide bonds. The zero-order chi connectivity index (χ0) is 13.7. The molecule has 1 heterocycles. The lowest BCUT2D eigenvalue weighted by atomic mass is 9.84. The SMILES string of the molecule is Cc1cc(CC(=O)NC(CN)C2CCCCC2)no1. The Labute approximate surface area is 113 Å². The third kappa shape index (κ3) is 4.06. The second kappa shape index (κ2) is 6.70. The molecule has 5 heteroatoms. The van der Waals surface area contributed by atoms with Crippen LogP contribution < -0.4 is 11.1 Å². The van der Waals surface area contributed by atoms with Crippen LogP contribution in [0.1, 0.15) is 43.6 Å². The average Bonchev–Trinajstić information content (AvgIpc) is 2.82. The molecule has 0 bridgehead atoms. The maximum absolute atomic E-state index is 12.0. The van der Waals surface area contributed by atoms with Crippen molar-refractivity contribution >= 4 is 5.91 Å². The first-order chi connectivity index (χ1) is 9.19. The van der Waals surface area contributed by atoms with E-state index in [4.69, 9.17) is 10.3 Å². The molecule has 0 aromatic carbocycles. The summed E-state index contributed by atoms with van der Waals surface area (Å²) in [5.41, 5.74) is 6.48. The van der Waals surface area contributed by atoms with Crippen LogP contribution >= 0.6 is 0 Å². The van der Waals surface area contributed by atoms with Gasteiger partial charge in [-0.1, -0.05) is 24.4 Å². The molecule has 1 fully saturated rings. The maximum Gasteiger partial charge on any atom is 0.226 e. The van der Waals surface area contributed by atoms with Gasteiger partial charge in [-0.2, -0.15) is 0 Å². The van der Waals surface area contributed by atoms with Crippen molar-refractivity contribution in [3.63, 3.8) is 0 Å². The summed E-state index contributed by atoms with van der Waals surface area (Å²) >= 11 is 0. The molecule has 19 heavy (non-hydrogen) atoms. The van der Waals surface area contributed by atoms with Crippen molar-refractivity contribution < 1.29 is 9.32 Å². The third-order valence-corrected chi connectivity index (χ3v) is 3.84. The lowest BCUT2D eigenvalue weighted by Crippen LogP contribution is -2.46. The number of carbonyl (C=O) groups excluding carboxylic acids is 1. The van der Waals surface area contributed by atoms with E-state index >= 15 is 0 Å². The Morgan fingerprint density at radius 1 is 1.53 bits per heavy atom. The summed E-state index contributed by atoms with van der Waals surface area (Å²) in [6, 6.07) is 1.89. The number of rotatable bonds is 5. The summed E-state index contributed by atoms with van der Waals surface area (Å²) in [7, 11) is 0. The zero-order valence-electron chi connectivity index (χ0n) is 11.5. The number of amides is 1. The molecular formula is C14H23N3O2. The minimum atomic E-state index is -0.0191. The van der Waals surface area contributed by atoms with Gasteiger partial charge in [-0.05, 0) is 25.7 Å². The number of aromatic nitrogens is 1. The van der Waals surface area contributed by atoms with E-state index in [0.717, 1.165) is 5.76 Å². The number of nitrogens with two attached hydrogens (primary N) is 1. The van der Waals surface area contributed by atoms with Crippen molar-refractivity contribution in [1.29, 1.82) is 0 Å². The molecule has 2 rings (SSSR count). The number of aryl methyl sites for hydroxylation is 1. The van der Waals surface area contributed by atoms with Crippen LogP contribution in [0.3, 0.4) is 0 Å². The Morgan fingerprint density at radius 2 is 2.26 bits per heavy atom. The van der Waals surface area contributed by atoms with Gasteiger partial charge < -0.3 is 15.6 Å². The highest BCUT2D eigenvalue weighted by atomic mass is 16.5. The largest absolute Gasteiger partial charge is 0.361 e. The zero-order valence-corrected chi connectivity index (χ0v) is 11.5. The van der Waals surface area contributed by atoms with E-state index in [1.165, 1.54) is 32.1 Å². The van der Waals surface area contributed by atoms with Crippen molar-refractivity contribution in [3.05, 3.63) is 17.5 Å². The summed E-state index contributed by atoms with van der Waals surface area (Å²) < 4.78 is 4.96. The molecule has 0 aliphatic heterocycles. The van der Waals surface area contributed by atoms with Gasteiger partial charge in [0.1, 0.15) is 5.76 Å². The summed E-state index contributed by atoms with van der Waals surface area (Å²) in [6.07, 6.45) is 6.41. The average molecular weight is 265 g/mol. The minimum Gasteiger partial charge on any atom is -0.361 e. The van der Waals surface area contributed by atoms with Gasteiger partial charge in [0.15, 0.2) is 0 Å². The van der Waals surface area contributed by atoms with Crippen LogP contribution in [0.15, 0.2) is 10.6 Å². The number of hydrogen-bond donors (Lipinski definition) is 2. The molecule has 5 nitrogen and oxygen atoms in total. The smallest absolute Gasteiger partial charge is 0.226 e. The molecule has 0 spiro atoms. The van der Waals surface area contributed by atoms with Crippen LogP contribution in [-0.4, -0.2) is 23.7 Å². The molecule has 1 aromatic rings. The lowest BCUT2D eigenvalue weighted by molar-refractivity contribution is -0.121. The standard InChI is InChI=1S/C14H23N3O2/c1-10-7-12(17-19-10)8-14(18)16-13(9-15)11-5-3-2-4-6-11/h7,11,13H,2-6,8-9,15H2,1H3,(H,16,18). The highest BCUT2D eigenvalue weighted by Crippen LogP contribution is 2.26. The van der Waals surface area contributed by atoms with Crippen molar-refractivity contribution in [2.24, 2.45) is 11.7 Å². The number of carbonyl (C=O) groups is 1. The van der Waals surface area contributed by atoms with Crippen LogP contribution in [-0.2, 0) is 11.2 Å². The molecule has 3 N–H and O–H groups in total. The van der Waals surface area contributed by atoms with Crippen molar-refractivity contribution in [2.45, 2.75) is 51.5 Å². The molecule has 106 valence electrons. The van der Waals surface area contributed by atoms with Crippen LogP contribution in [0.4, 0.5) is 0 Å². The Balaban J connectivity index is 1.85. The Hall–Kier alpha value is -1.36. The molecular weight excluding hydrogens is 242 g/mol. The fourth-order valence-corrected chi connectivity index (χ4v) is 2.83. The number of nitrogens with zero attached hydrogens (tertiary/aromatic N) is 1. The monoisotopic (exact) mass is 265 g/mol. The minimum absolute atomic E-state index is 0.0191. The number of hydrogen-bond acceptors (Lipinski definition) is 4. The molecule has 1 aromatic heterocycles. The van der Waals surface area contributed by atoms with Gasteiger partial charge in [0.05, 0.1) is 12.1 Å². The summed E-state index contributed by atoms with van der Waals surface area (Å²) in [4.78, 5) is 12.0. The van der Waals surface area contributed by atoms with E-state index in [-0.39, 0.29) is 18.4 Å². The topological polar surface area (TPSA) is 81.2 Å². The van der Waals surface area contributed by atoms with Gasteiger partial charge in [0.25, 0.3) is 0 Å². The first-order valence-electron chi connectivity index (χ1n) is 7.10. The number of nitrogens with one attached hydrogen (secondary N) is 1. The highest BCUT2D eigenvalue weighted by molar-refractivity contribution is 5.78. The lowest BCUT2D eigenvalue weighted by Gasteiger charge is -2.30. The van der Waals surface area contributed by atoms with Crippen molar-refractivity contribution in [1.82, 2.24) is 10.5 Å². The summed E-state index contributed by atoms with van der Waals surface area (Å²) in [5, 5.41) is 6.88. The molecule has 1 saturated carbocycles. The molecule has 0 saturated heterocycles. The maximum atomic E-state index is 12.0. The van der Waals surface area contributed by atoms with E-state index in [1.807, 2.05) is 6.92 Å². The van der Waals surface area contributed by atoms with Crippen LogP contribution in [0.5, 0.6) is 0 Å². The van der Waals surface area contributed by atoms with Crippen molar-refractivity contribution in [2.75, 3.05) is 6.54 Å². The van der Waals surface area contributed by atoms with Crippen LogP contribution in [0.2, 0.25) is 0 Å². The van der Waals surface area contributed by atoms with E-state index in [9.17, 15) is 4.79 Å². The van der Waals surface area contributed by atoms with Gasteiger partial charge in [-0.3, -0.25) is 4.79 Å². The predicted molar refractivity (Wildman–Crippen MR) is 72.5 cm³/mol. The summed E-state index contributed by atoms with van der Waals surface area (Å²) in [6.45, 7) is 2.33. The first-order valence-corrected chi connectivity index (χ1v) is 7.10. The Bertz CT molecular complexity index is 411. The van der Waals surface area contributed by atoms with E-state index in [2.05, 4.69) is 10.5 Å². The normalized spacial score (nSPS) is 18.2.